The molecular weight excluding hydrogens is 130 g/mol. The molecule has 0 bridgehead atoms. The number of nitrogens with zero attached hydrogens (tertiary/aromatic N) is 2. The average Bonchev–Trinajstić information content (AvgIpc) is 2.35. The van der Waals surface area contributed by atoms with E-state index in [4.69, 9.17) is 5.73 Å². The zero-order chi connectivity index (χ0) is 7.61. The molecule has 1 rings (SSSR count). The Bertz CT molecular complexity index is 195. The first-order valence-corrected chi connectivity index (χ1v) is 3.11. The number of nitrogens with two attached hydrogens (primary N) is 1. The molecule has 4 heteroatoms. The Morgan fingerprint density at radius 3 is 2.70 bits per heavy atom. The first kappa shape index (κ1) is 6.92. The van der Waals surface area contributed by atoms with E-state index in [-0.39, 0.29) is 0 Å². The van der Waals surface area contributed by atoms with Gasteiger partial charge in [-0.3, -0.25) is 4.79 Å². The Hall–Kier alpha value is -1.19. The van der Waals surface area contributed by atoms with Crippen LogP contribution in [-0.2, 0) is 4.79 Å². The fourth-order valence-electron chi connectivity index (χ4n) is 0.821. The van der Waals surface area contributed by atoms with Crippen LogP contribution in [0.1, 0.15) is 13.3 Å². The van der Waals surface area contributed by atoms with Crippen molar-refractivity contribution >= 4 is 5.91 Å². The van der Waals surface area contributed by atoms with E-state index in [1.54, 1.807) is 6.08 Å². The molecule has 0 fully saturated rings. The van der Waals surface area contributed by atoms with Gasteiger partial charge < -0.3 is 5.73 Å². The lowest BCUT2D eigenvalue weighted by Crippen LogP contribution is -2.38. The van der Waals surface area contributed by atoms with Gasteiger partial charge in [0.2, 0.25) is 0 Å². The smallest absolute Gasteiger partial charge is 0.251 e. The molecule has 0 spiro atoms. The molecule has 0 aromatic carbocycles. The summed E-state index contributed by atoms with van der Waals surface area (Å²) in [4.78, 5) is 10.8. The minimum atomic E-state index is -0.847. The van der Waals surface area contributed by atoms with Crippen molar-refractivity contribution in [2.45, 2.75) is 18.9 Å². The van der Waals surface area contributed by atoms with Gasteiger partial charge in [-0.2, -0.15) is 10.2 Å². The van der Waals surface area contributed by atoms with Crippen molar-refractivity contribution < 1.29 is 4.79 Å². The van der Waals surface area contributed by atoms with Crippen molar-refractivity contribution in [2.75, 3.05) is 0 Å². The van der Waals surface area contributed by atoms with Crippen LogP contribution in [0.15, 0.2) is 22.5 Å². The predicted octanol–water partition coefficient (Wildman–Crippen LogP) is 0.600. The van der Waals surface area contributed by atoms with Gasteiger partial charge in [-0.15, -0.1) is 0 Å². The number of hydrogen-bond donors (Lipinski definition) is 1. The van der Waals surface area contributed by atoms with Crippen molar-refractivity contribution in [2.24, 2.45) is 16.0 Å². The topological polar surface area (TPSA) is 67.8 Å². The molecule has 0 aromatic rings. The van der Waals surface area contributed by atoms with Gasteiger partial charge in [-0.05, 0) is 12.5 Å². The van der Waals surface area contributed by atoms with E-state index in [9.17, 15) is 4.79 Å². The summed E-state index contributed by atoms with van der Waals surface area (Å²) in [5, 5.41) is 7.30. The van der Waals surface area contributed by atoms with Crippen molar-refractivity contribution in [3.63, 3.8) is 0 Å². The number of azo groups is 1. The summed E-state index contributed by atoms with van der Waals surface area (Å²) in [7, 11) is 0. The van der Waals surface area contributed by atoms with Crippen LogP contribution in [-0.4, -0.2) is 11.4 Å². The second kappa shape index (κ2) is 2.21. The summed E-state index contributed by atoms with van der Waals surface area (Å²) >= 11 is 0. The third-order valence-corrected chi connectivity index (χ3v) is 1.62. The van der Waals surface area contributed by atoms with E-state index in [0.29, 0.717) is 6.42 Å². The maximum absolute atomic E-state index is 10.8. The second-order valence-electron chi connectivity index (χ2n) is 2.17. The summed E-state index contributed by atoms with van der Waals surface area (Å²) in [6, 6.07) is 0. The van der Waals surface area contributed by atoms with Gasteiger partial charge >= 0.3 is 0 Å². The quantitative estimate of drug-likeness (QED) is 0.598. The first-order valence-electron chi connectivity index (χ1n) is 3.11. The summed E-state index contributed by atoms with van der Waals surface area (Å²) < 4.78 is 0. The highest BCUT2D eigenvalue weighted by Gasteiger charge is 2.33. The number of carbonyl (C=O) groups is 1. The standard InChI is InChI=1S/C6H9N3O/c1-2-6(5(7)10)3-4-8-9-6/h3-4H,2H2,1H3,(H2,7,10). The van der Waals surface area contributed by atoms with Crippen LogP contribution < -0.4 is 5.73 Å². The van der Waals surface area contributed by atoms with E-state index >= 15 is 0 Å². The van der Waals surface area contributed by atoms with Gasteiger partial charge in [0.1, 0.15) is 0 Å². The van der Waals surface area contributed by atoms with Crippen LogP contribution in [0.2, 0.25) is 0 Å². The Morgan fingerprint density at radius 2 is 2.50 bits per heavy atom. The Balaban J connectivity index is 2.90. The van der Waals surface area contributed by atoms with E-state index < -0.39 is 11.4 Å². The van der Waals surface area contributed by atoms with E-state index in [2.05, 4.69) is 10.2 Å². The highest BCUT2D eigenvalue weighted by molar-refractivity contribution is 5.87. The molecule has 1 heterocycles. The molecular formula is C6H9N3O. The molecule has 0 saturated carbocycles. The van der Waals surface area contributed by atoms with Gasteiger partial charge in [0.25, 0.3) is 5.91 Å². The van der Waals surface area contributed by atoms with E-state index in [1.807, 2.05) is 6.92 Å². The summed E-state index contributed by atoms with van der Waals surface area (Å²) in [6.45, 7) is 1.85. The molecule has 54 valence electrons. The maximum atomic E-state index is 10.8. The molecule has 1 amide bonds. The normalized spacial score (nSPS) is 29.3. The molecule has 10 heavy (non-hydrogen) atoms. The van der Waals surface area contributed by atoms with E-state index in [1.165, 1.54) is 6.20 Å². The zero-order valence-electron chi connectivity index (χ0n) is 5.74. The molecule has 0 aliphatic carbocycles. The SMILES string of the molecule is CCC1(C(N)=O)C=CN=N1. The highest BCUT2D eigenvalue weighted by atomic mass is 16.1. The Kier molecular flexibility index (Phi) is 1.53. The lowest BCUT2D eigenvalue weighted by atomic mass is 9.97. The zero-order valence-corrected chi connectivity index (χ0v) is 5.74. The minimum absolute atomic E-state index is 0.437. The first-order chi connectivity index (χ1) is 4.71. The number of primary amides is 1. The second-order valence-corrected chi connectivity index (χ2v) is 2.17. The summed E-state index contributed by atoms with van der Waals surface area (Å²) in [5.74, 6) is -0.437. The average molecular weight is 139 g/mol. The number of amides is 1. The minimum Gasteiger partial charge on any atom is -0.367 e. The van der Waals surface area contributed by atoms with Crippen LogP contribution >= 0.6 is 0 Å². The molecule has 0 saturated heterocycles. The van der Waals surface area contributed by atoms with Crippen molar-refractivity contribution in [1.82, 2.24) is 0 Å². The fraction of sp³-hybridized carbons (Fsp3) is 0.500. The molecule has 1 unspecified atom stereocenters. The monoisotopic (exact) mass is 139 g/mol. The predicted molar refractivity (Wildman–Crippen MR) is 36.2 cm³/mol. The fourth-order valence-corrected chi connectivity index (χ4v) is 0.821. The van der Waals surface area contributed by atoms with Crippen molar-refractivity contribution in [1.29, 1.82) is 0 Å². The highest BCUT2D eigenvalue weighted by Crippen LogP contribution is 2.22. The van der Waals surface area contributed by atoms with Gasteiger partial charge in [0, 0.05) is 6.20 Å². The molecule has 2 N–H and O–H groups in total. The third kappa shape index (κ3) is 0.814. The molecule has 1 atom stereocenters. The summed E-state index contributed by atoms with van der Waals surface area (Å²) in [5.41, 5.74) is 4.25. The van der Waals surface area contributed by atoms with Crippen LogP contribution in [0.4, 0.5) is 0 Å². The van der Waals surface area contributed by atoms with Crippen molar-refractivity contribution in [3.8, 4) is 0 Å². The van der Waals surface area contributed by atoms with Gasteiger partial charge in [-0.25, -0.2) is 0 Å². The van der Waals surface area contributed by atoms with Crippen LogP contribution in [0.5, 0.6) is 0 Å². The van der Waals surface area contributed by atoms with Crippen LogP contribution in [0.3, 0.4) is 0 Å². The Morgan fingerprint density at radius 1 is 1.80 bits per heavy atom. The molecule has 0 radical (unpaired) electrons. The largest absolute Gasteiger partial charge is 0.367 e. The molecule has 1 aliphatic rings. The van der Waals surface area contributed by atoms with Crippen LogP contribution in [0, 0.1) is 0 Å². The van der Waals surface area contributed by atoms with Gasteiger partial charge in [0.15, 0.2) is 5.54 Å². The Labute approximate surface area is 58.8 Å². The van der Waals surface area contributed by atoms with Gasteiger partial charge in [-0.1, -0.05) is 6.92 Å². The molecule has 0 aromatic heterocycles. The maximum Gasteiger partial charge on any atom is 0.251 e. The van der Waals surface area contributed by atoms with Crippen molar-refractivity contribution in [3.05, 3.63) is 12.3 Å². The van der Waals surface area contributed by atoms with Crippen LogP contribution in [0.25, 0.3) is 0 Å². The molecule has 4 nitrogen and oxygen atoms in total. The summed E-state index contributed by atoms with van der Waals surface area (Å²) in [6.07, 6.45) is 3.69. The molecule has 1 aliphatic heterocycles. The third-order valence-electron chi connectivity index (χ3n) is 1.62. The van der Waals surface area contributed by atoms with E-state index in [0.717, 1.165) is 0 Å². The lowest BCUT2D eigenvalue weighted by molar-refractivity contribution is -0.121. The number of carbonyl (C=O) groups excluding carboxylic acids is 1. The number of rotatable bonds is 2. The lowest BCUT2D eigenvalue weighted by Gasteiger charge is -2.14. The van der Waals surface area contributed by atoms with Gasteiger partial charge in [0.05, 0.1) is 0 Å². The number of hydrogen-bond acceptors (Lipinski definition) is 3.